The molecule has 37 heavy (non-hydrogen) atoms. The van der Waals surface area contributed by atoms with Gasteiger partial charge < -0.3 is 9.47 Å². The fraction of sp³-hybridized carbons (Fsp3) is 0.214. The molecule has 0 spiro atoms. The number of methoxy groups -OCH3 is 2. The molecule has 8 nitrogen and oxygen atoms in total. The quantitative estimate of drug-likeness (QED) is 0.175. The third-order valence-corrected chi connectivity index (χ3v) is 6.56. The van der Waals surface area contributed by atoms with Crippen LogP contribution in [0.1, 0.15) is 30.9 Å². The molecule has 0 bridgehead atoms. The van der Waals surface area contributed by atoms with Crippen LogP contribution in [0.25, 0.3) is 17.1 Å². The Morgan fingerprint density at radius 1 is 1.00 bits per heavy atom. The molecule has 4 aromatic rings. The third-order valence-electron chi connectivity index (χ3n) is 5.63. The summed E-state index contributed by atoms with van der Waals surface area (Å²) in [6.07, 6.45) is 1.63. The number of para-hydroxylation sites is 1. The first kappa shape index (κ1) is 26.0. The lowest BCUT2D eigenvalue weighted by molar-refractivity contribution is -0.118. The average Bonchev–Trinajstić information content (AvgIpc) is 3.36. The lowest BCUT2D eigenvalue weighted by Crippen LogP contribution is -2.20. The number of thioether (sulfide) groups is 1. The lowest BCUT2D eigenvalue weighted by atomic mass is 10.0. The number of hydrogen-bond donors (Lipinski definition) is 1. The highest BCUT2D eigenvalue weighted by molar-refractivity contribution is 7.99. The number of carbonyl (C=O) groups excluding carboxylic acids is 1. The molecule has 1 N–H and O–H groups in total. The number of benzene rings is 3. The van der Waals surface area contributed by atoms with Crippen molar-refractivity contribution in [1.82, 2.24) is 20.2 Å². The summed E-state index contributed by atoms with van der Waals surface area (Å²) in [5.41, 5.74) is 6.44. The van der Waals surface area contributed by atoms with E-state index in [-0.39, 0.29) is 11.7 Å². The topological polar surface area (TPSA) is 90.6 Å². The minimum absolute atomic E-state index is 0.126. The molecule has 190 valence electrons. The molecule has 3 aromatic carbocycles. The highest BCUT2D eigenvalue weighted by Crippen LogP contribution is 2.34. The fourth-order valence-electron chi connectivity index (χ4n) is 3.64. The van der Waals surface area contributed by atoms with Gasteiger partial charge in [-0.2, -0.15) is 5.10 Å². The minimum atomic E-state index is -0.240. The van der Waals surface area contributed by atoms with Crippen molar-refractivity contribution in [3.8, 4) is 28.6 Å². The molecule has 1 heterocycles. The Hall–Kier alpha value is -4.11. The number of aromatic nitrogens is 3. The summed E-state index contributed by atoms with van der Waals surface area (Å²) in [6.45, 7) is 4.30. The smallest absolute Gasteiger partial charge is 0.250 e. The van der Waals surface area contributed by atoms with Crippen LogP contribution in [-0.4, -0.2) is 46.9 Å². The van der Waals surface area contributed by atoms with E-state index in [4.69, 9.17) is 9.47 Å². The maximum Gasteiger partial charge on any atom is 0.250 e. The lowest BCUT2D eigenvalue weighted by Gasteiger charge is -2.12. The molecule has 9 heteroatoms. The Labute approximate surface area is 220 Å². The number of hydrazone groups is 1. The molecule has 0 saturated heterocycles. The molecule has 0 aliphatic rings. The van der Waals surface area contributed by atoms with Gasteiger partial charge in [0.05, 0.1) is 26.2 Å². The van der Waals surface area contributed by atoms with Crippen LogP contribution in [0.3, 0.4) is 0 Å². The minimum Gasteiger partial charge on any atom is -0.493 e. The van der Waals surface area contributed by atoms with Crippen molar-refractivity contribution in [2.75, 3.05) is 20.0 Å². The van der Waals surface area contributed by atoms with Crippen LogP contribution in [0.4, 0.5) is 0 Å². The summed E-state index contributed by atoms with van der Waals surface area (Å²) >= 11 is 1.28. The van der Waals surface area contributed by atoms with Crippen LogP contribution in [-0.2, 0) is 4.79 Å². The zero-order valence-corrected chi connectivity index (χ0v) is 22.0. The van der Waals surface area contributed by atoms with Gasteiger partial charge in [0.1, 0.15) is 0 Å². The molecule has 0 fully saturated rings. The standard InChI is InChI=1S/C28H29N5O3S/c1-19(2)21-12-10-20(11-13-21)17-29-30-26(34)18-37-28-32-31-27(33(28)23-8-6-5-7-9-23)22-14-15-24(35-3)25(16-22)36-4/h5-17,19H,18H2,1-4H3,(H,30,34)/b29-17-. The Balaban J connectivity index is 1.50. The van der Waals surface area contributed by atoms with Crippen LogP contribution >= 0.6 is 11.8 Å². The first-order valence-electron chi connectivity index (χ1n) is 11.8. The summed E-state index contributed by atoms with van der Waals surface area (Å²) in [7, 11) is 3.18. The second-order valence-electron chi connectivity index (χ2n) is 8.45. The van der Waals surface area contributed by atoms with Crippen molar-refractivity contribution < 1.29 is 14.3 Å². The average molecular weight is 516 g/mol. The number of hydrogen-bond acceptors (Lipinski definition) is 7. The van der Waals surface area contributed by atoms with Crippen molar-refractivity contribution in [3.63, 3.8) is 0 Å². The Bertz CT molecular complexity index is 1370. The maximum atomic E-state index is 12.5. The molecule has 0 unspecified atom stereocenters. The maximum absolute atomic E-state index is 12.5. The molecular weight excluding hydrogens is 486 g/mol. The van der Waals surface area contributed by atoms with Gasteiger partial charge in [-0.15, -0.1) is 10.2 Å². The van der Waals surface area contributed by atoms with Gasteiger partial charge in [0.15, 0.2) is 22.5 Å². The summed E-state index contributed by atoms with van der Waals surface area (Å²) in [4.78, 5) is 12.5. The molecule has 0 aliphatic carbocycles. The Kier molecular flexibility index (Phi) is 8.58. The van der Waals surface area contributed by atoms with E-state index in [1.165, 1.54) is 17.3 Å². The van der Waals surface area contributed by atoms with E-state index in [2.05, 4.69) is 46.7 Å². The van der Waals surface area contributed by atoms with Gasteiger partial charge in [0, 0.05) is 11.3 Å². The van der Waals surface area contributed by atoms with E-state index in [1.807, 2.05) is 65.2 Å². The molecule has 0 atom stereocenters. The van der Waals surface area contributed by atoms with Gasteiger partial charge >= 0.3 is 0 Å². The van der Waals surface area contributed by atoms with E-state index in [0.29, 0.717) is 28.4 Å². The monoisotopic (exact) mass is 515 g/mol. The van der Waals surface area contributed by atoms with Gasteiger partial charge in [0.25, 0.3) is 5.91 Å². The van der Waals surface area contributed by atoms with Gasteiger partial charge in [-0.1, -0.05) is 68.1 Å². The van der Waals surface area contributed by atoms with E-state index >= 15 is 0 Å². The molecule has 4 rings (SSSR count). The molecule has 1 amide bonds. The van der Waals surface area contributed by atoms with E-state index < -0.39 is 0 Å². The summed E-state index contributed by atoms with van der Waals surface area (Å²) in [5, 5.41) is 13.5. The Morgan fingerprint density at radius 2 is 1.73 bits per heavy atom. The summed E-state index contributed by atoms with van der Waals surface area (Å²) in [5.74, 6) is 2.19. The molecule has 1 aromatic heterocycles. The molecule has 0 aliphatic heterocycles. The van der Waals surface area contributed by atoms with Crippen LogP contribution < -0.4 is 14.9 Å². The molecule has 0 radical (unpaired) electrons. The van der Waals surface area contributed by atoms with Crippen LogP contribution in [0.5, 0.6) is 11.5 Å². The number of nitrogens with zero attached hydrogens (tertiary/aromatic N) is 4. The first-order valence-corrected chi connectivity index (χ1v) is 12.8. The SMILES string of the molecule is COc1ccc(-c2nnc(SCC(=O)N/N=C\c3ccc(C(C)C)cc3)n2-c2ccccc2)cc1OC. The van der Waals surface area contributed by atoms with Crippen LogP contribution in [0.15, 0.2) is 83.1 Å². The van der Waals surface area contributed by atoms with Crippen LogP contribution in [0.2, 0.25) is 0 Å². The first-order chi connectivity index (χ1) is 18.0. The molecule has 0 saturated carbocycles. The predicted molar refractivity (Wildman–Crippen MR) is 147 cm³/mol. The summed E-state index contributed by atoms with van der Waals surface area (Å²) < 4.78 is 12.7. The number of nitrogens with one attached hydrogen (secondary N) is 1. The summed E-state index contributed by atoms with van der Waals surface area (Å²) in [6, 6.07) is 23.4. The molecular formula is C28H29N5O3S. The normalized spacial score (nSPS) is 11.2. The largest absolute Gasteiger partial charge is 0.493 e. The van der Waals surface area contributed by atoms with Gasteiger partial charge in [-0.25, -0.2) is 5.43 Å². The fourth-order valence-corrected chi connectivity index (χ4v) is 4.39. The third kappa shape index (κ3) is 6.37. The van der Waals surface area contributed by atoms with E-state index in [0.717, 1.165) is 16.8 Å². The van der Waals surface area contributed by atoms with Gasteiger partial charge in [0.2, 0.25) is 0 Å². The van der Waals surface area contributed by atoms with Crippen LogP contribution in [0, 0.1) is 0 Å². The van der Waals surface area contributed by atoms with Crippen molar-refractivity contribution in [3.05, 3.63) is 83.9 Å². The van der Waals surface area contributed by atoms with Crippen molar-refractivity contribution >= 4 is 23.9 Å². The van der Waals surface area contributed by atoms with Gasteiger partial charge in [-0.05, 0) is 47.4 Å². The number of ether oxygens (including phenoxy) is 2. The Morgan fingerprint density at radius 3 is 2.41 bits per heavy atom. The zero-order valence-electron chi connectivity index (χ0n) is 21.2. The highest BCUT2D eigenvalue weighted by Gasteiger charge is 2.18. The van der Waals surface area contributed by atoms with Crippen molar-refractivity contribution in [2.24, 2.45) is 5.10 Å². The second-order valence-corrected chi connectivity index (χ2v) is 9.39. The van der Waals surface area contributed by atoms with Crippen molar-refractivity contribution in [2.45, 2.75) is 24.9 Å². The predicted octanol–water partition coefficient (Wildman–Crippen LogP) is 5.32. The van der Waals surface area contributed by atoms with E-state index in [1.54, 1.807) is 20.4 Å². The van der Waals surface area contributed by atoms with E-state index in [9.17, 15) is 4.79 Å². The highest BCUT2D eigenvalue weighted by atomic mass is 32.2. The number of rotatable bonds is 10. The van der Waals surface area contributed by atoms with Crippen molar-refractivity contribution in [1.29, 1.82) is 0 Å². The second kappa shape index (κ2) is 12.2. The number of carbonyl (C=O) groups is 1. The number of amides is 1. The zero-order chi connectivity index (χ0) is 26.2. The van der Waals surface area contributed by atoms with Gasteiger partial charge in [-0.3, -0.25) is 9.36 Å².